The molecule has 7 nitrogen and oxygen atoms in total. The van der Waals surface area contributed by atoms with Crippen LogP contribution < -0.4 is 0 Å². The average molecular weight is 518 g/mol. The zero-order valence-corrected chi connectivity index (χ0v) is 22.0. The summed E-state index contributed by atoms with van der Waals surface area (Å²) in [6, 6.07) is 18.8. The van der Waals surface area contributed by atoms with E-state index in [1.165, 1.54) is 6.92 Å². The maximum absolute atomic E-state index is 13.5. The molecule has 0 saturated carbocycles. The fraction of sp³-hybridized carbons (Fsp3) is 0.387. The molecule has 0 aliphatic carbocycles. The number of carbonyl (C=O) groups excluding carboxylic acids is 3. The number of hydrogen-bond acceptors (Lipinski definition) is 6. The molecule has 2 heterocycles. The molecule has 2 atom stereocenters. The van der Waals surface area contributed by atoms with Crippen LogP contribution in [-0.4, -0.2) is 47.0 Å². The number of ketones is 1. The number of aryl methyl sites for hydroxylation is 2. The third kappa shape index (κ3) is 6.40. The summed E-state index contributed by atoms with van der Waals surface area (Å²) in [6.45, 7) is 3.79. The summed E-state index contributed by atoms with van der Waals surface area (Å²) in [4.78, 5) is 40.4. The van der Waals surface area contributed by atoms with Gasteiger partial charge in [0.2, 0.25) is 11.7 Å². The molecule has 4 rings (SSSR count). The first-order valence-electron chi connectivity index (χ1n) is 13.3. The SMILES string of the molecule is Cc1cccc(-c2cc(C(=O)[C@@H](C)C(=O)N3C(=O)OC[C@H]3Cc3ccccc3)oc2CCCCCCO)c1. The van der Waals surface area contributed by atoms with Gasteiger partial charge in [0.1, 0.15) is 18.3 Å². The number of furan rings is 1. The number of ether oxygens (including phenoxy) is 1. The standard InChI is InChI=1S/C31H35NO6/c1-21-11-10-14-24(17-21)26-19-28(38-27(26)15-8-3-4-9-16-33)29(34)22(2)30(35)32-25(20-37-31(32)36)18-23-12-6-5-7-13-23/h5-7,10-14,17,19,22,25,33H,3-4,8-9,15-16,18,20H2,1-2H3/t22-,25-/m1/s1. The lowest BCUT2D eigenvalue weighted by Gasteiger charge is -2.22. The van der Waals surface area contributed by atoms with Crippen molar-refractivity contribution >= 4 is 17.8 Å². The van der Waals surface area contributed by atoms with Crippen molar-refractivity contribution in [2.24, 2.45) is 5.92 Å². The molecule has 3 aromatic rings. The molecule has 1 aliphatic rings. The number of nitrogens with zero attached hydrogens (tertiary/aromatic N) is 1. The first kappa shape index (κ1) is 27.3. The van der Waals surface area contributed by atoms with Crippen LogP contribution in [0.2, 0.25) is 0 Å². The zero-order valence-electron chi connectivity index (χ0n) is 22.0. The Kier molecular flexibility index (Phi) is 9.13. The predicted octanol–water partition coefficient (Wildman–Crippen LogP) is 5.76. The van der Waals surface area contributed by atoms with Gasteiger partial charge in [0, 0.05) is 18.6 Å². The van der Waals surface area contributed by atoms with Crippen LogP contribution in [0.3, 0.4) is 0 Å². The van der Waals surface area contributed by atoms with Gasteiger partial charge in [-0.3, -0.25) is 9.59 Å². The lowest BCUT2D eigenvalue weighted by atomic mass is 9.98. The summed E-state index contributed by atoms with van der Waals surface area (Å²) in [5.74, 6) is -1.34. The number of hydrogen-bond donors (Lipinski definition) is 1. The van der Waals surface area contributed by atoms with Crippen molar-refractivity contribution in [2.75, 3.05) is 13.2 Å². The maximum atomic E-state index is 13.5. The van der Waals surface area contributed by atoms with Gasteiger partial charge in [-0.15, -0.1) is 0 Å². The fourth-order valence-electron chi connectivity index (χ4n) is 4.84. The molecule has 1 aliphatic heterocycles. The van der Waals surface area contributed by atoms with E-state index in [0.717, 1.165) is 52.8 Å². The maximum Gasteiger partial charge on any atom is 0.417 e. The van der Waals surface area contributed by atoms with Crippen molar-refractivity contribution in [3.05, 3.63) is 83.3 Å². The Morgan fingerprint density at radius 2 is 1.79 bits per heavy atom. The van der Waals surface area contributed by atoms with E-state index in [-0.39, 0.29) is 19.0 Å². The van der Waals surface area contributed by atoms with Crippen molar-refractivity contribution < 1.29 is 28.6 Å². The van der Waals surface area contributed by atoms with Gasteiger partial charge in [-0.05, 0) is 50.3 Å². The Labute approximate surface area is 223 Å². The smallest absolute Gasteiger partial charge is 0.417 e. The van der Waals surface area contributed by atoms with Crippen LogP contribution in [-0.2, 0) is 22.4 Å². The van der Waals surface area contributed by atoms with Crippen molar-refractivity contribution in [3.63, 3.8) is 0 Å². The number of amides is 2. The highest BCUT2D eigenvalue weighted by Crippen LogP contribution is 2.31. The zero-order chi connectivity index (χ0) is 27.1. The molecule has 1 fully saturated rings. The van der Waals surface area contributed by atoms with E-state index < -0.39 is 29.7 Å². The predicted molar refractivity (Wildman–Crippen MR) is 144 cm³/mol. The second-order valence-electron chi connectivity index (χ2n) is 9.92. The number of aliphatic hydroxyl groups is 1. The highest BCUT2D eigenvalue weighted by Gasteiger charge is 2.42. The van der Waals surface area contributed by atoms with Crippen LogP contribution in [0.1, 0.15) is 60.0 Å². The minimum Gasteiger partial charge on any atom is -0.457 e. The Hall–Kier alpha value is -3.71. The minimum absolute atomic E-state index is 0.0963. The number of carbonyl (C=O) groups is 3. The quantitative estimate of drug-likeness (QED) is 0.186. The molecular formula is C31H35NO6. The Bertz CT molecular complexity index is 1260. The molecule has 0 unspecified atom stereocenters. The first-order chi connectivity index (χ1) is 18.4. The highest BCUT2D eigenvalue weighted by molar-refractivity contribution is 6.12. The molecule has 2 aromatic carbocycles. The van der Waals surface area contributed by atoms with Gasteiger partial charge in [-0.25, -0.2) is 9.69 Å². The van der Waals surface area contributed by atoms with E-state index in [4.69, 9.17) is 14.3 Å². The number of cyclic esters (lactones) is 1. The van der Waals surface area contributed by atoms with E-state index >= 15 is 0 Å². The summed E-state index contributed by atoms with van der Waals surface area (Å²) in [5.41, 5.74) is 3.85. The molecule has 2 amide bonds. The summed E-state index contributed by atoms with van der Waals surface area (Å²) >= 11 is 0. The molecule has 38 heavy (non-hydrogen) atoms. The molecule has 0 radical (unpaired) electrons. The van der Waals surface area contributed by atoms with Gasteiger partial charge in [-0.1, -0.05) is 73.0 Å². The lowest BCUT2D eigenvalue weighted by Crippen LogP contribution is -2.44. The van der Waals surface area contributed by atoms with E-state index in [9.17, 15) is 14.4 Å². The summed E-state index contributed by atoms with van der Waals surface area (Å²) in [6.07, 6.45) is 3.85. The molecule has 0 spiro atoms. The topological polar surface area (TPSA) is 97.1 Å². The fourth-order valence-corrected chi connectivity index (χ4v) is 4.84. The molecule has 1 N–H and O–H groups in total. The average Bonchev–Trinajstić information content (AvgIpc) is 3.51. The number of unbranched alkanes of at least 4 members (excludes halogenated alkanes) is 3. The van der Waals surface area contributed by atoms with Crippen molar-refractivity contribution in [2.45, 2.75) is 58.4 Å². The Morgan fingerprint density at radius 3 is 2.53 bits per heavy atom. The first-order valence-corrected chi connectivity index (χ1v) is 13.3. The van der Waals surface area contributed by atoms with Crippen LogP contribution >= 0.6 is 0 Å². The largest absolute Gasteiger partial charge is 0.457 e. The Balaban J connectivity index is 1.54. The van der Waals surface area contributed by atoms with Crippen LogP contribution in [0, 0.1) is 12.8 Å². The number of aliphatic hydroxyl groups excluding tert-OH is 1. The van der Waals surface area contributed by atoms with E-state index in [2.05, 4.69) is 0 Å². The molecule has 1 aromatic heterocycles. The van der Waals surface area contributed by atoms with Crippen LogP contribution in [0.25, 0.3) is 11.1 Å². The van der Waals surface area contributed by atoms with Crippen LogP contribution in [0.4, 0.5) is 4.79 Å². The van der Waals surface area contributed by atoms with E-state index in [1.807, 2.05) is 61.5 Å². The van der Waals surface area contributed by atoms with Gasteiger partial charge >= 0.3 is 6.09 Å². The van der Waals surface area contributed by atoms with Gasteiger partial charge in [0.15, 0.2) is 5.76 Å². The normalized spacial score (nSPS) is 15.9. The van der Waals surface area contributed by atoms with Crippen molar-refractivity contribution in [1.29, 1.82) is 0 Å². The van der Waals surface area contributed by atoms with Gasteiger partial charge in [0.25, 0.3) is 0 Å². The molecule has 1 saturated heterocycles. The number of imide groups is 1. The molecule has 0 bridgehead atoms. The number of rotatable bonds is 12. The number of benzene rings is 2. The third-order valence-electron chi connectivity index (χ3n) is 6.97. The molecular weight excluding hydrogens is 482 g/mol. The summed E-state index contributed by atoms with van der Waals surface area (Å²) < 4.78 is 11.3. The van der Waals surface area contributed by atoms with E-state index in [0.29, 0.717) is 18.6 Å². The van der Waals surface area contributed by atoms with Crippen LogP contribution in [0.15, 0.2) is 65.1 Å². The highest BCUT2D eigenvalue weighted by atomic mass is 16.6. The van der Waals surface area contributed by atoms with Crippen molar-refractivity contribution in [3.8, 4) is 11.1 Å². The summed E-state index contributed by atoms with van der Waals surface area (Å²) in [5, 5.41) is 9.03. The van der Waals surface area contributed by atoms with Crippen molar-refractivity contribution in [1.82, 2.24) is 4.90 Å². The molecule has 7 heteroatoms. The van der Waals surface area contributed by atoms with Gasteiger partial charge in [-0.2, -0.15) is 0 Å². The summed E-state index contributed by atoms with van der Waals surface area (Å²) in [7, 11) is 0. The second kappa shape index (κ2) is 12.7. The minimum atomic E-state index is -1.10. The molecule has 200 valence electrons. The van der Waals surface area contributed by atoms with Gasteiger partial charge in [0.05, 0.1) is 6.04 Å². The lowest BCUT2D eigenvalue weighted by molar-refractivity contribution is -0.131. The monoisotopic (exact) mass is 517 g/mol. The number of Topliss-reactive ketones (excluding diaryl/α,β-unsaturated/α-hetero) is 1. The van der Waals surface area contributed by atoms with E-state index in [1.54, 1.807) is 6.07 Å². The Morgan fingerprint density at radius 1 is 1.03 bits per heavy atom. The van der Waals surface area contributed by atoms with Gasteiger partial charge < -0.3 is 14.3 Å². The third-order valence-corrected chi connectivity index (χ3v) is 6.97. The second-order valence-corrected chi connectivity index (χ2v) is 9.92. The van der Waals surface area contributed by atoms with Crippen LogP contribution in [0.5, 0.6) is 0 Å².